The molecule has 2 aromatic carbocycles. The van der Waals surface area contributed by atoms with Crippen LogP contribution >= 0.6 is 0 Å². The van der Waals surface area contributed by atoms with Gasteiger partial charge in [-0.25, -0.2) is 4.39 Å². The van der Waals surface area contributed by atoms with E-state index in [1.165, 1.54) is 37.4 Å². The zero-order chi connectivity index (χ0) is 17.8. The van der Waals surface area contributed by atoms with Crippen molar-refractivity contribution in [2.24, 2.45) is 0 Å². The maximum Gasteiger partial charge on any atom is 0.273 e. The van der Waals surface area contributed by atoms with Gasteiger partial charge in [-0.3, -0.25) is 10.1 Å². The molecule has 7 nitrogen and oxygen atoms in total. The molecular formula is C17H13FN4O3. The molecule has 0 unspecified atom stereocenters. The minimum atomic E-state index is -0.496. The number of aromatic nitrogens is 2. The van der Waals surface area contributed by atoms with Crippen molar-refractivity contribution < 1.29 is 14.1 Å². The molecule has 0 saturated heterocycles. The molecule has 0 bridgehead atoms. The number of nitrogens with zero attached hydrogens (tertiary/aromatic N) is 3. The van der Waals surface area contributed by atoms with Crippen LogP contribution in [0, 0.1) is 15.9 Å². The lowest BCUT2D eigenvalue weighted by Crippen LogP contribution is -1.99. The lowest BCUT2D eigenvalue weighted by molar-refractivity contribution is -0.384. The summed E-state index contributed by atoms with van der Waals surface area (Å²) in [6, 6.07) is 13.6. The lowest BCUT2D eigenvalue weighted by Gasteiger charge is -2.10. The van der Waals surface area contributed by atoms with Crippen LogP contribution in [0.3, 0.4) is 0 Å². The average Bonchev–Trinajstić information content (AvgIpc) is 2.63. The SMILES string of the molecule is COc1cc([N+](=O)[O-])ccc1Nc1ccc(-c2ccc(F)cc2)nn1. The quantitative estimate of drug-likeness (QED) is 0.559. The number of hydrogen-bond donors (Lipinski definition) is 1. The van der Waals surface area contributed by atoms with Crippen molar-refractivity contribution in [1.29, 1.82) is 0 Å². The van der Waals surface area contributed by atoms with E-state index in [9.17, 15) is 14.5 Å². The molecule has 0 aliphatic heterocycles. The predicted octanol–water partition coefficient (Wildman–Crippen LogP) is 3.94. The van der Waals surface area contributed by atoms with Crippen molar-refractivity contribution in [3.8, 4) is 17.0 Å². The predicted molar refractivity (Wildman–Crippen MR) is 90.4 cm³/mol. The van der Waals surface area contributed by atoms with Crippen molar-refractivity contribution in [3.63, 3.8) is 0 Å². The molecule has 0 amide bonds. The number of nitro benzene ring substituents is 1. The first kappa shape index (κ1) is 16.3. The van der Waals surface area contributed by atoms with Crippen LogP contribution in [0.5, 0.6) is 5.75 Å². The summed E-state index contributed by atoms with van der Waals surface area (Å²) in [6.45, 7) is 0. The van der Waals surface area contributed by atoms with Crippen LogP contribution in [0.1, 0.15) is 0 Å². The molecule has 0 atom stereocenters. The number of nitro groups is 1. The third-order valence-electron chi connectivity index (χ3n) is 3.46. The molecule has 1 heterocycles. The minimum Gasteiger partial charge on any atom is -0.494 e. The van der Waals surface area contributed by atoms with Crippen LogP contribution in [-0.2, 0) is 0 Å². The van der Waals surface area contributed by atoms with Gasteiger partial charge in [0.15, 0.2) is 5.82 Å². The summed E-state index contributed by atoms with van der Waals surface area (Å²) in [4.78, 5) is 10.3. The molecule has 0 aliphatic rings. The fourth-order valence-corrected chi connectivity index (χ4v) is 2.21. The van der Waals surface area contributed by atoms with Crippen molar-refractivity contribution in [2.45, 2.75) is 0 Å². The van der Waals surface area contributed by atoms with Crippen LogP contribution in [-0.4, -0.2) is 22.2 Å². The first-order valence-corrected chi connectivity index (χ1v) is 7.26. The van der Waals surface area contributed by atoms with Gasteiger partial charge in [0.05, 0.1) is 29.5 Å². The first-order valence-electron chi connectivity index (χ1n) is 7.26. The average molecular weight is 340 g/mol. The molecule has 8 heteroatoms. The topological polar surface area (TPSA) is 90.2 Å². The highest BCUT2D eigenvalue weighted by atomic mass is 19.1. The largest absolute Gasteiger partial charge is 0.494 e. The normalized spacial score (nSPS) is 10.3. The summed E-state index contributed by atoms with van der Waals surface area (Å²) in [7, 11) is 1.42. The first-order chi connectivity index (χ1) is 12.1. The van der Waals surface area contributed by atoms with Gasteiger partial charge in [-0.1, -0.05) is 0 Å². The summed E-state index contributed by atoms with van der Waals surface area (Å²) in [5.41, 5.74) is 1.80. The lowest BCUT2D eigenvalue weighted by atomic mass is 10.1. The maximum absolute atomic E-state index is 13.0. The molecule has 0 radical (unpaired) electrons. The molecular weight excluding hydrogens is 327 g/mol. The summed E-state index contributed by atoms with van der Waals surface area (Å²) in [6.07, 6.45) is 0. The number of hydrogen-bond acceptors (Lipinski definition) is 6. The van der Waals surface area contributed by atoms with Crippen LogP contribution in [0.4, 0.5) is 21.6 Å². The Balaban J connectivity index is 1.82. The number of ether oxygens (including phenoxy) is 1. The fourth-order valence-electron chi connectivity index (χ4n) is 2.21. The van der Waals surface area contributed by atoms with E-state index in [1.807, 2.05) is 0 Å². The van der Waals surface area contributed by atoms with E-state index in [2.05, 4.69) is 15.5 Å². The molecule has 0 fully saturated rings. The molecule has 0 saturated carbocycles. The van der Waals surface area contributed by atoms with E-state index < -0.39 is 4.92 Å². The highest BCUT2D eigenvalue weighted by molar-refractivity contribution is 5.67. The maximum atomic E-state index is 13.0. The number of benzene rings is 2. The van der Waals surface area contributed by atoms with E-state index in [0.29, 0.717) is 22.9 Å². The van der Waals surface area contributed by atoms with Gasteiger partial charge < -0.3 is 10.1 Å². The van der Waals surface area contributed by atoms with Crippen molar-refractivity contribution >= 4 is 17.2 Å². The van der Waals surface area contributed by atoms with Gasteiger partial charge in [0, 0.05) is 11.6 Å². The monoisotopic (exact) mass is 340 g/mol. The van der Waals surface area contributed by atoms with Gasteiger partial charge in [-0.15, -0.1) is 10.2 Å². The molecule has 3 aromatic rings. The molecule has 0 spiro atoms. The smallest absolute Gasteiger partial charge is 0.273 e. The van der Waals surface area contributed by atoms with E-state index in [0.717, 1.165) is 5.56 Å². The van der Waals surface area contributed by atoms with Crippen LogP contribution in [0.2, 0.25) is 0 Å². The zero-order valence-electron chi connectivity index (χ0n) is 13.1. The Bertz CT molecular complexity index is 899. The van der Waals surface area contributed by atoms with Gasteiger partial charge in [0.2, 0.25) is 0 Å². The molecule has 126 valence electrons. The van der Waals surface area contributed by atoms with Crippen molar-refractivity contribution in [2.75, 3.05) is 12.4 Å². The Morgan fingerprint density at radius 2 is 1.84 bits per heavy atom. The minimum absolute atomic E-state index is 0.0693. The van der Waals surface area contributed by atoms with Gasteiger partial charge in [0.25, 0.3) is 5.69 Å². The second-order valence-corrected chi connectivity index (χ2v) is 5.08. The second kappa shape index (κ2) is 6.91. The molecule has 0 aliphatic carbocycles. The number of halogens is 1. The summed E-state index contributed by atoms with van der Waals surface area (Å²) in [5, 5.41) is 22.0. The van der Waals surface area contributed by atoms with Gasteiger partial charge in [-0.05, 0) is 42.5 Å². The Hall–Kier alpha value is -3.55. The summed E-state index contributed by atoms with van der Waals surface area (Å²) < 4.78 is 18.1. The number of anilines is 2. The second-order valence-electron chi connectivity index (χ2n) is 5.08. The van der Waals surface area contributed by atoms with E-state index in [1.54, 1.807) is 24.3 Å². The van der Waals surface area contributed by atoms with Crippen LogP contribution in [0.25, 0.3) is 11.3 Å². The highest BCUT2D eigenvalue weighted by Gasteiger charge is 2.12. The highest BCUT2D eigenvalue weighted by Crippen LogP contribution is 2.31. The summed E-state index contributed by atoms with van der Waals surface area (Å²) >= 11 is 0. The molecule has 25 heavy (non-hydrogen) atoms. The number of rotatable bonds is 5. The third kappa shape index (κ3) is 3.69. The van der Waals surface area contributed by atoms with E-state index in [-0.39, 0.29) is 11.5 Å². The molecule has 3 rings (SSSR count). The zero-order valence-corrected chi connectivity index (χ0v) is 13.1. The Morgan fingerprint density at radius 1 is 1.08 bits per heavy atom. The third-order valence-corrected chi connectivity index (χ3v) is 3.46. The standard InChI is InChI=1S/C17H13FN4O3/c1-25-16-10-13(22(23)24)6-7-15(16)19-17-9-8-14(20-21-17)11-2-4-12(18)5-3-11/h2-10H,1H3,(H,19,21). The number of nitrogens with one attached hydrogen (secondary N) is 1. The van der Waals surface area contributed by atoms with Crippen LogP contribution in [0.15, 0.2) is 54.6 Å². The molecule has 1 aromatic heterocycles. The summed E-state index contributed by atoms with van der Waals surface area (Å²) in [5.74, 6) is 0.442. The fraction of sp³-hybridized carbons (Fsp3) is 0.0588. The van der Waals surface area contributed by atoms with Gasteiger partial charge in [0.1, 0.15) is 11.6 Å². The van der Waals surface area contributed by atoms with Gasteiger partial charge >= 0.3 is 0 Å². The van der Waals surface area contributed by atoms with E-state index >= 15 is 0 Å². The number of methoxy groups -OCH3 is 1. The van der Waals surface area contributed by atoms with Crippen molar-refractivity contribution in [3.05, 3.63) is 70.5 Å². The Morgan fingerprint density at radius 3 is 2.44 bits per heavy atom. The van der Waals surface area contributed by atoms with Crippen LogP contribution < -0.4 is 10.1 Å². The Kier molecular flexibility index (Phi) is 4.51. The van der Waals surface area contributed by atoms with Crippen molar-refractivity contribution in [1.82, 2.24) is 10.2 Å². The van der Waals surface area contributed by atoms with E-state index in [4.69, 9.17) is 4.74 Å². The number of non-ortho nitro benzene ring substituents is 1. The van der Waals surface area contributed by atoms with Gasteiger partial charge in [-0.2, -0.15) is 0 Å². The molecule has 1 N–H and O–H groups in total. The Labute approximate surface area is 142 Å².